The Labute approximate surface area is 131 Å². The predicted octanol–water partition coefficient (Wildman–Crippen LogP) is 4.45. The lowest BCUT2D eigenvalue weighted by molar-refractivity contribution is 0.634. The largest absolute Gasteiger partial charge is 0.331 e. The van der Waals surface area contributed by atoms with Gasteiger partial charge in [0, 0.05) is 30.1 Å². The van der Waals surface area contributed by atoms with E-state index in [1.807, 2.05) is 0 Å². The molecular formula is C20H20N2. The standard InChI is InChI=1S/C20H20N2/c1-2-18-20(16-11-7-4-8-12-16)21-19-13-17(14-22(18)19)15-9-5-3-6-10-15/h3-12,17H,2,13-14H2,1H3. The summed E-state index contributed by atoms with van der Waals surface area (Å²) >= 11 is 0. The molecular weight excluding hydrogens is 268 g/mol. The minimum Gasteiger partial charge on any atom is -0.331 e. The number of fused-ring (bicyclic) bond motifs is 1. The van der Waals surface area contributed by atoms with Crippen LogP contribution in [-0.4, -0.2) is 9.55 Å². The third-order valence-corrected chi connectivity index (χ3v) is 4.64. The molecule has 0 saturated heterocycles. The molecule has 1 atom stereocenters. The van der Waals surface area contributed by atoms with Crippen LogP contribution in [0.25, 0.3) is 11.3 Å². The Kier molecular flexibility index (Phi) is 3.30. The molecule has 0 bridgehead atoms. The number of hydrogen-bond acceptors (Lipinski definition) is 1. The molecule has 0 radical (unpaired) electrons. The van der Waals surface area contributed by atoms with E-state index >= 15 is 0 Å². The van der Waals surface area contributed by atoms with Crippen molar-refractivity contribution in [3.05, 3.63) is 77.7 Å². The normalized spacial score (nSPS) is 16.7. The Morgan fingerprint density at radius 2 is 1.68 bits per heavy atom. The first-order valence-corrected chi connectivity index (χ1v) is 8.05. The number of rotatable bonds is 3. The lowest BCUT2D eigenvalue weighted by Crippen LogP contribution is -2.04. The highest BCUT2D eigenvalue weighted by Gasteiger charge is 2.28. The fourth-order valence-electron chi connectivity index (χ4n) is 3.55. The lowest BCUT2D eigenvalue weighted by atomic mass is 9.98. The SMILES string of the molecule is CCc1c(-c2ccccc2)nc2n1CC(c1ccccc1)C2. The van der Waals surface area contributed by atoms with Crippen molar-refractivity contribution in [3.8, 4) is 11.3 Å². The highest BCUT2D eigenvalue weighted by Crippen LogP contribution is 2.34. The molecule has 2 aromatic carbocycles. The number of aromatic nitrogens is 2. The average Bonchev–Trinajstić information content (AvgIpc) is 3.14. The van der Waals surface area contributed by atoms with Crippen molar-refractivity contribution < 1.29 is 0 Å². The highest BCUT2D eigenvalue weighted by atomic mass is 15.1. The van der Waals surface area contributed by atoms with Crippen LogP contribution in [0.5, 0.6) is 0 Å². The molecule has 1 unspecified atom stereocenters. The molecule has 1 aliphatic heterocycles. The molecule has 0 saturated carbocycles. The zero-order valence-electron chi connectivity index (χ0n) is 12.9. The molecule has 110 valence electrons. The van der Waals surface area contributed by atoms with E-state index in [4.69, 9.17) is 4.98 Å². The third kappa shape index (κ3) is 2.16. The van der Waals surface area contributed by atoms with Gasteiger partial charge in [0.15, 0.2) is 0 Å². The number of hydrogen-bond donors (Lipinski definition) is 0. The summed E-state index contributed by atoms with van der Waals surface area (Å²) in [4.78, 5) is 4.97. The molecule has 0 N–H and O–H groups in total. The maximum atomic E-state index is 4.97. The second kappa shape index (κ2) is 5.45. The van der Waals surface area contributed by atoms with E-state index in [1.165, 1.54) is 28.3 Å². The quantitative estimate of drug-likeness (QED) is 0.696. The minimum atomic E-state index is 0.568. The van der Waals surface area contributed by atoms with E-state index in [2.05, 4.69) is 72.2 Å². The van der Waals surface area contributed by atoms with Gasteiger partial charge in [-0.3, -0.25) is 0 Å². The van der Waals surface area contributed by atoms with E-state index in [9.17, 15) is 0 Å². The zero-order valence-corrected chi connectivity index (χ0v) is 12.9. The van der Waals surface area contributed by atoms with Crippen molar-refractivity contribution in [2.75, 3.05) is 0 Å². The monoisotopic (exact) mass is 288 g/mol. The average molecular weight is 288 g/mol. The van der Waals surface area contributed by atoms with Crippen LogP contribution >= 0.6 is 0 Å². The molecule has 2 nitrogen and oxygen atoms in total. The second-order valence-corrected chi connectivity index (χ2v) is 5.97. The van der Waals surface area contributed by atoms with Crippen molar-refractivity contribution >= 4 is 0 Å². The number of benzene rings is 2. The van der Waals surface area contributed by atoms with Crippen LogP contribution in [0, 0.1) is 0 Å². The zero-order chi connectivity index (χ0) is 14.9. The van der Waals surface area contributed by atoms with Gasteiger partial charge in [0.05, 0.1) is 5.69 Å². The summed E-state index contributed by atoms with van der Waals surface area (Å²) in [6.45, 7) is 3.29. The topological polar surface area (TPSA) is 17.8 Å². The Bertz CT molecular complexity index is 772. The summed E-state index contributed by atoms with van der Waals surface area (Å²) in [5.41, 5.74) is 5.21. The molecule has 0 spiro atoms. The Balaban J connectivity index is 1.70. The van der Waals surface area contributed by atoms with Gasteiger partial charge in [-0.05, 0) is 12.0 Å². The van der Waals surface area contributed by atoms with Crippen molar-refractivity contribution in [2.24, 2.45) is 0 Å². The molecule has 0 fully saturated rings. The fourth-order valence-corrected chi connectivity index (χ4v) is 3.55. The fraction of sp³-hybridized carbons (Fsp3) is 0.250. The molecule has 22 heavy (non-hydrogen) atoms. The van der Waals surface area contributed by atoms with Crippen molar-refractivity contribution in [3.63, 3.8) is 0 Å². The van der Waals surface area contributed by atoms with Crippen LogP contribution in [0.2, 0.25) is 0 Å². The van der Waals surface area contributed by atoms with Gasteiger partial charge in [0.25, 0.3) is 0 Å². The first kappa shape index (κ1) is 13.3. The molecule has 1 aromatic heterocycles. The van der Waals surface area contributed by atoms with Crippen LogP contribution in [0.4, 0.5) is 0 Å². The summed E-state index contributed by atoms with van der Waals surface area (Å²) in [6.07, 6.45) is 2.07. The van der Waals surface area contributed by atoms with Crippen molar-refractivity contribution in [1.29, 1.82) is 0 Å². The summed E-state index contributed by atoms with van der Waals surface area (Å²) in [7, 11) is 0. The molecule has 2 heteroatoms. The number of imidazole rings is 1. The van der Waals surface area contributed by atoms with Gasteiger partial charge in [-0.2, -0.15) is 0 Å². The Hall–Kier alpha value is -2.35. The van der Waals surface area contributed by atoms with Crippen LogP contribution in [0.1, 0.15) is 29.9 Å². The molecule has 1 aliphatic rings. The summed E-state index contributed by atoms with van der Waals surface area (Å²) in [5, 5.41) is 0. The first-order chi connectivity index (χ1) is 10.9. The van der Waals surface area contributed by atoms with Crippen LogP contribution in [0.15, 0.2) is 60.7 Å². The Morgan fingerprint density at radius 1 is 1.00 bits per heavy atom. The van der Waals surface area contributed by atoms with E-state index < -0.39 is 0 Å². The van der Waals surface area contributed by atoms with E-state index in [0.717, 1.165) is 19.4 Å². The summed E-state index contributed by atoms with van der Waals surface area (Å²) in [5.74, 6) is 1.81. The smallest absolute Gasteiger partial charge is 0.110 e. The van der Waals surface area contributed by atoms with Crippen molar-refractivity contribution in [1.82, 2.24) is 9.55 Å². The first-order valence-electron chi connectivity index (χ1n) is 8.05. The maximum absolute atomic E-state index is 4.97. The van der Waals surface area contributed by atoms with Gasteiger partial charge in [0.1, 0.15) is 5.82 Å². The number of nitrogens with zero attached hydrogens (tertiary/aromatic N) is 2. The van der Waals surface area contributed by atoms with Crippen LogP contribution in [0.3, 0.4) is 0 Å². The van der Waals surface area contributed by atoms with Gasteiger partial charge in [-0.15, -0.1) is 0 Å². The van der Waals surface area contributed by atoms with Crippen molar-refractivity contribution in [2.45, 2.75) is 32.2 Å². The highest BCUT2D eigenvalue weighted by molar-refractivity contribution is 5.62. The van der Waals surface area contributed by atoms with Gasteiger partial charge in [-0.25, -0.2) is 4.98 Å². The summed E-state index contributed by atoms with van der Waals surface area (Å²) in [6, 6.07) is 21.4. The third-order valence-electron chi connectivity index (χ3n) is 4.64. The molecule has 0 amide bonds. The lowest BCUT2D eigenvalue weighted by Gasteiger charge is -2.11. The van der Waals surface area contributed by atoms with E-state index in [0.29, 0.717) is 5.92 Å². The summed E-state index contributed by atoms with van der Waals surface area (Å²) < 4.78 is 2.44. The van der Waals surface area contributed by atoms with E-state index in [1.54, 1.807) is 0 Å². The van der Waals surface area contributed by atoms with Crippen LogP contribution in [-0.2, 0) is 19.4 Å². The Morgan fingerprint density at radius 3 is 2.36 bits per heavy atom. The van der Waals surface area contributed by atoms with Gasteiger partial charge in [-0.1, -0.05) is 67.6 Å². The van der Waals surface area contributed by atoms with Crippen LogP contribution < -0.4 is 0 Å². The van der Waals surface area contributed by atoms with Gasteiger partial charge < -0.3 is 4.57 Å². The molecule has 4 rings (SSSR count). The molecule has 2 heterocycles. The second-order valence-electron chi connectivity index (χ2n) is 5.97. The molecule has 0 aliphatic carbocycles. The van der Waals surface area contributed by atoms with E-state index in [-0.39, 0.29) is 0 Å². The minimum absolute atomic E-state index is 0.568. The maximum Gasteiger partial charge on any atom is 0.110 e. The predicted molar refractivity (Wildman–Crippen MR) is 89.9 cm³/mol. The van der Waals surface area contributed by atoms with Gasteiger partial charge >= 0.3 is 0 Å². The molecule has 3 aromatic rings. The van der Waals surface area contributed by atoms with Gasteiger partial charge in [0.2, 0.25) is 0 Å².